The van der Waals surface area contributed by atoms with Gasteiger partial charge in [0.2, 0.25) is 5.91 Å². The summed E-state index contributed by atoms with van der Waals surface area (Å²) in [6.07, 6.45) is -5.05. The van der Waals surface area contributed by atoms with E-state index in [1.807, 2.05) is 14.0 Å². The molecule has 0 aliphatic carbocycles. The van der Waals surface area contributed by atoms with Crippen LogP contribution in [0.5, 0.6) is 5.75 Å². The number of likely N-dealkylation sites (N-methyl/N-ethyl adjacent to an activating group) is 1. The van der Waals surface area contributed by atoms with E-state index in [-0.39, 0.29) is 41.9 Å². The molecule has 51 heavy (non-hydrogen) atoms. The van der Waals surface area contributed by atoms with E-state index in [4.69, 9.17) is 4.74 Å². The van der Waals surface area contributed by atoms with Gasteiger partial charge in [0.25, 0.3) is 5.91 Å². The quantitative estimate of drug-likeness (QED) is 0.164. The first-order valence-electron chi connectivity index (χ1n) is 16.9. The second-order valence-corrected chi connectivity index (χ2v) is 14.6. The minimum Gasteiger partial charge on any atom is -0.486 e. The molecule has 1 aliphatic heterocycles. The number of nitrogens with one attached hydrogen (secondary N) is 1. The normalized spacial score (nSPS) is 17.0. The maximum absolute atomic E-state index is 13.8. The summed E-state index contributed by atoms with van der Waals surface area (Å²) >= 11 is 1.73. The highest BCUT2D eigenvalue weighted by Crippen LogP contribution is 2.36. The highest BCUT2D eigenvalue weighted by Gasteiger charge is 2.35. The van der Waals surface area contributed by atoms with E-state index in [0.717, 1.165) is 22.6 Å². The SMILES string of the molecule is Cc1cc(C)cc(Sc2ccc(CN(C)C[C@H]3Oc4c(NC(=O)Cc5ccc(C(F)(F)F)cc5)cccc4C(=O)N([C@@H](C)CO)C[C@H]3C)cc2)c1. The Bertz CT molecular complexity index is 1810. The molecule has 0 bridgehead atoms. The number of carbonyl (C=O) groups excluding carboxylic acids is 2. The van der Waals surface area contributed by atoms with Crippen molar-refractivity contribution in [3.63, 3.8) is 0 Å². The molecule has 0 radical (unpaired) electrons. The van der Waals surface area contributed by atoms with E-state index in [2.05, 4.69) is 66.5 Å². The lowest BCUT2D eigenvalue weighted by atomic mass is 9.98. The maximum atomic E-state index is 13.8. The van der Waals surface area contributed by atoms with Gasteiger partial charge in [-0.05, 0) is 98.6 Å². The number of nitrogens with zero attached hydrogens (tertiary/aromatic N) is 2. The van der Waals surface area contributed by atoms with Crippen molar-refractivity contribution in [3.8, 4) is 5.75 Å². The number of alkyl halides is 3. The van der Waals surface area contributed by atoms with Gasteiger partial charge in [0, 0.05) is 35.3 Å². The van der Waals surface area contributed by atoms with Gasteiger partial charge in [0.15, 0.2) is 5.75 Å². The summed E-state index contributed by atoms with van der Waals surface area (Å²) in [5, 5.41) is 12.8. The summed E-state index contributed by atoms with van der Waals surface area (Å²) in [6.45, 7) is 9.26. The minimum absolute atomic E-state index is 0.147. The number of amides is 2. The number of ether oxygens (including phenoxy) is 1. The van der Waals surface area contributed by atoms with E-state index in [1.165, 1.54) is 28.2 Å². The smallest absolute Gasteiger partial charge is 0.416 e. The Morgan fingerprint density at radius 2 is 1.65 bits per heavy atom. The number of benzene rings is 4. The Morgan fingerprint density at radius 1 is 1.00 bits per heavy atom. The zero-order valence-corrected chi connectivity index (χ0v) is 30.3. The number of rotatable bonds is 11. The van der Waals surface area contributed by atoms with Crippen molar-refractivity contribution in [1.29, 1.82) is 0 Å². The summed E-state index contributed by atoms with van der Waals surface area (Å²) in [7, 11) is 2.00. The molecule has 0 saturated carbocycles. The molecule has 5 rings (SSSR count). The second kappa shape index (κ2) is 16.4. The predicted octanol–water partition coefficient (Wildman–Crippen LogP) is 8.01. The number of para-hydroxylation sites is 1. The molecule has 0 spiro atoms. The number of aliphatic hydroxyl groups is 1. The van der Waals surface area contributed by atoms with Gasteiger partial charge in [-0.1, -0.05) is 55.1 Å². The van der Waals surface area contributed by atoms with Crippen LogP contribution in [-0.4, -0.2) is 65.6 Å². The van der Waals surface area contributed by atoms with Gasteiger partial charge < -0.3 is 20.1 Å². The number of aryl methyl sites for hydroxylation is 2. The number of aliphatic hydroxyl groups excluding tert-OH is 1. The first kappa shape index (κ1) is 37.9. The lowest BCUT2D eigenvalue weighted by molar-refractivity contribution is -0.137. The zero-order chi connectivity index (χ0) is 36.9. The van der Waals surface area contributed by atoms with Gasteiger partial charge >= 0.3 is 6.18 Å². The Hall–Kier alpha value is -4.32. The van der Waals surface area contributed by atoms with Crippen molar-refractivity contribution in [1.82, 2.24) is 9.80 Å². The topological polar surface area (TPSA) is 82.1 Å². The summed E-state index contributed by atoms with van der Waals surface area (Å²) in [4.78, 5) is 33.1. The van der Waals surface area contributed by atoms with E-state index in [0.29, 0.717) is 25.2 Å². The van der Waals surface area contributed by atoms with E-state index in [1.54, 1.807) is 41.8 Å². The summed E-state index contributed by atoms with van der Waals surface area (Å²) in [5.41, 5.74) is 3.74. The lowest BCUT2D eigenvalue weighted by Crippen LogP contribution is -2.49. The molecule has 11 heteroatoms. The molecule has 1 aliphatic rings. The third-order valence-electron chi connectivity index (χ3n) is 8.91. The van der Waals surface area contributed by atoms with Crippen LogP contribution in [0.1, 0.15) is 52.0 Å². The summed E-state index contributed by atoms with van der Waals surface area (Å²) in [6, 6.07) is 23.9. The van der Waals surface area contributed by atoms with Crippen LogP contribution in [0.4, 0.5) is 18.9 Å². The van der Waals surface area contributed by atoms with Gasteiger partial charge in [-0.25, -0.2) is 0 Å². The van der Waals surface area contributed by atoms with E-state index < -0.39 is 29.8 Å². The fourth-order valence-corrected chi connectivity index (χ4v) is 7.26. The summed E-state index contributed by atoms with van der Waals surface area (Å²) < 4.78 is 45.7. The molecule has 7 nitrogen and oxygen atoms in total. The molecule has 0 fully saturated rings. The summed E-state index contributed by atoms with van der Waals surface area (Å²) in [5.74, 6) is -0.729. The van der Waals surface area contributed by atoms with Crippen LogP contribution < -0.4 is 10.1 Å². The molecule has 0 saturated heterocycles. The van der Waals surface area contributed by atoms with Crippen molar-refractivity contribution in [3.05, 3.63) is 118 Å². The van der Waals surface area contributed by atoms with Crippen LogP contribution in [0.15, 0.2) is 94.7 Å². The van der Waals surface area contributed by atoms with Crippen LogP contribution in [0.25, 0.3) is 0 Å². The van der Waals surface area contributed by atoms with Crippen molar-refractivity contribution in [2.24, 2.45) is 5.92 Å². The second-order valence-electron chi connectivity index (χ2n) is 13.5. The number of halogens is 3. The fourth-order valence-electron chi connectivity index (χ4n) is 6.23. The molecule has 0 aromatic heterocycles. The monoisotopic (exact) mass is 719 g/mol. The highest BCUT2D eigenvalue weighted by molar-refractivity contribution is 7.99. The molecule has 2 amide bonds. The van der Waals surface area contributed by atoms with Gasteiger partial charge in [-0.3, -0.25) is 14.5 Å². The third-order valence-corrected chi connectivity index (χ3v) is 9.89. The molecule has 2 N–H and O–H groups in total. The number of carbonyl (C=O) groups is 2. The standard InChI is InChI=1S/C40H44F3N3O4S/c1-25-17-26(2)19-33(18-25)51-32-15-11-30(12-16-32)22-45(5)23-36-27(3)21-46(28(4)24-47)39(49)34-7-6-8-35(38(34)50-36)44-37(48)20-29-9-13-31(14-10-29)40(41,42)43/h6-19,27-28,36,47H,20-24H2,1-5H3,(H,44,48)/t27-,28+,36-/m1/s1. The third kappa shape index (κ3) is 9.93. The Balaban J connectivity index is 1.33. The highest BCUT2D eigenvalue weighted by atomic mass is 32.2. The Kier molecular flexibility index (Phi) is 12.2. The maximum Gasteiger partial charge on any atom is 0.416 e. The molecule has 4 aromatic carbocycles. The minimum atomic E-state index is -4.47. The Labute approximate surface area is 301 Å². The molecule has 3 atom stereocenters. The first-order valence-corrected chi connectivity index (χ1v) is 17.7. The van der Waals surface area contributed by atoms with Crippen LogP contribution in [0.2, 0.25) is 0 Å². The van der Waals surface area contributed by atoms with Gasteiger partial charge in [-0.15, -0.1) is 0 Å². The zero-order valence-electron chi connectivity index (χ0n) is 29.5. The number of anilines is 1. The molecular weight excluding hydrogens is 676 g/mol. The van der Waals surface area contributed by atoms with Gasteiger partial charge in [-0.2, -0.15) is 13.2 Å². The molecule has 0 unspecified atom stereocenters. The van der Waals surface area contributed by atoms with E-state index >= 15 is 0 Å². The molecule has 4 aromatic rings. The van der Waals surface area contributed by atoms with Gasteiger partial charge in [0.05, 0.1) is 35.9 Å². The number of hydrogen-bond donors (Lipinski definition) is 2. The van der Waals surface area contributed by atoms with Crippen molar-refractivity contribution >= 4 is 29.3 Å². The van der Waals surface area contributed by atoms with Crippen LogP contribution in [0.3, 0.4) is 0 Å². The molecule has 270 valence electrons. The largest absolute Gasteiger partial charge is 0.486 e. The fraction of sp³-hybridized carbons (Fsp3) is 0.350. The number of fused-ring (bicyclic) bond motifs is 1. The molecule has 1 heterocycles. The number of hydrogen-bond acceptors (Lipinski definition) is 6. The van der Waals surface area contributed by atoms with Crippen molar-refractivity contribution in [2.75, 3.05) is 32.1 Å². The van der Waals surface area contributed by atoms with Gasteiger partial charge in [0.1, 0.15) is 6.10 Å². The lowest BCUT2D eigenvalue weighted by Gasteiger charge is -2.38. The molecular formula is C40H44F3N3O4S. The predicted molar refractivity (Wildman–Crippen MR) is 194 cm³/mol. The average Bonchev–Trinajstić information content (AvgIpc) is 3.06. The van der Waals surface area contributed by atoms with Crippen molar-refractivity contribution in [2.45, 2.75) is 68.8 Å². The van der Waals surface area contributed by atoms with E-state index in [9.17, 15) is 27.9 Å². The van der Waals surface area contributed by atoms with Crippen LogP contribution in [-0.2, 0) is 23.9 Å². The first-order chi connectivity index (χ1) is 24.2. The average molecular weight is 720 g/mol. The van der Waals surface area contributed by atoms with Crippen LogP contribution >= 0.6 is 11.8 Å². The Morgan fingerprint density at radius 3 is 2.27 bits per heavy atom. The van der Waals surface area contributed by atoms with Crippen molar-refractivity contribution < 1.29 is 32.6 Å². The van der Waals surface area contributed by atoms with Crippen LogP contribution in [0, 0.1) is 19.8 Å².